The van der Waals surface area contributed by atoms with Gasteiger partial charge in [0.1, 0.15) is 0 Å². The van der Waals surface area contributed by atoms with Crippen LogP contribution in [-0.4, -0.2) is 55.3 Å². The van der Waals surface area contributed by atoms with E-state index in [4.69, 9.17) is 4.99 Å². The van der Waals surface area contributed by atoms with Crippen LogP contribution in [0.15, 0.2) is 16.4 Å². The van der Waals surface area contributed by atoms with Crippen LogP contribution in [0.5, 0.6) is 0 Å². The average Bonchev–Trinajstić information content (AvgIpc) is 3.13. The molecule has 1 aromatic heterocycles. The van der Waals surface area contributed by atoms with Crippen molar-refractivity contribution in [1.82, 2.24) is 15.5 Å². The van der Waals surface area contributed by atoms with Crippen molar-refractivity contribution in [1.29, 1.82) is 0 Å². The second-order valence-electron chi connectivity index (χ2n) is 7.20. The van der Waals surface area contributed by atoms with Gasteiger partial charge < -0.3 is 15.7 Å². The highest BCUT2D eigenvalue weighted by Gasteiger charge is 2.25. The van der Waals surface area contributed by atoms with Gasteiger partial charge in [-0.2, -0.15) is 0 Å². The topological polar surface area (TPSA) is 59.9 Å². The van der Waals surface area contributed by atoms with Crippen molar-refractivity contribution >= 4 is 17.3 Å². The van der Waals surface area contributed by atoms with E-state index < -0.39 is 0 Å². The molecule has 1 aliphatic heterocycles. The maximum absolute atomic E-state index is 9.39. The highest BCUT2D eigenvalue weighted by Crippen LogP contribution is 2.30. The fourth-order valence-corrected chi connectivity index (χ4v) is 4.45. The summed E-state index contributed by atoms with van der Waals surface area (Å²) in [5.74, 6) is 0.893. The maximum atomic E-state index is 9.39. The quantitative estimate of drug-likeness (QED) is 0.431. The van der Waals surface area contributed by atoms with Gasteiger partial charge in [-0.3, -0.25) is 9.89 Å². The molecule has 0 fully saturated rings. The van der Waals surface area contributed by atoms with Crippen molar-refractivity contribution in [3.05, 3.63) is 21.9 Å². The van der Waals surface area contributed by atoms with Gasteiger partial charge in [0.2, 0.25) is 0 Å². The van der Waals surface area contributed by atoms with E-state index >= 15 is 0 Å². The molecule has 0 radical (unpaired) electrons. The number of nitrogens with zero attached hydrogens (tertiary/aromatic N) is 2. The lowest BCUT2D eigenvalue weighted by atomic mass is 9.79. The second-order valence-corrected chi connectivity index (χ2v) is 8.20. The molecule has 0 spiro atoms. The summed E-state index contributed by atoms with van der Waals surface area (Å²) in [5.41, 5.74) is 1.61. The number of aliphatic hydroxyl groups is 1. The minimum absolute atomic E-state index is 0.110. The summed E-state index contributed by atoms with van der Waals surface area (Å²) in [5, 5.41) is 18.4. The second kappa shape index (κ2) is 10.9. The normalized spacial score (nSPS) is 15.8. The van der Waals surface area contributed by atoms with E-state index in [1.54, 1.807) is 4.88 Å². The number of hydrogen-bond acceptors (Lipinski definition) is 4. The summed E-state index contributed by atoms with van der Waals surface area (Å²) in [6.45, 7) is 12.5. The first kappa shape index (κ1) is 21.2. The third kappa shape index (κ3) is 5.96. The van der Waals surface area contributed by atoms with Crippen molar-refractivity contribution in [3.63, 3.8) is 0 Å². The van der Waals surface area contributed by atoms with Crippen LogP contribution in [0, 0.1) is 5.41 Å². The fraction of sp³-hybridized carbons (Fsp3) is 0.750. The van der Waals surface area contributed by atoms with Gasteiger partial charge in [0.05, 0.1) is 0 Å². The summed E-state index contributed by atoms with van der Waals surface area (Å²) in [4.78, 5) is 8.90. The van der Waals surface area contributed by atoms with Gasteiger partial charge in [-0.05, 0) is 55.0 Å². The first-order valence-electron chi connectivity index (χ1n) is 10.1. The van der Waals surface area contributed by atoms with Crippen molar-refractivity contribution in [2.45, 2.75) is 53.0 Å². The average molecular weight is 381 g/mol. The van der Waals surface area contributed by atoms with Gasteiger partial charge in [-0.1, -0.05) is 13.8 Å². The molecule has 2 rings (SSSR count). The molecule has 0 unspecified atom stereocenters. The summed E-state index contributed by atoms with van der Waals surface area (Å²) in [6, 6.07) is 2.27. The van der Waals surface area contributed by atoms with Gasteiger partial charge in [0.25, 0.3) is 0 Å². The van der Waals surface area contributed by atoms with E-state index in [-0.39, 0.29) is 12.0 Å². The summed E-state index contributed by atoms with van der Waals surface area (Å²) in [7, 11) is 0. The molecule has 6 heteroatoms. The molecule has 0 saturated carbocycles. The monoisotopic (exact) mass is 380 g/mol. The number of thiophene rings is 1. The molecule has 0 amide bonds. The van der Waals surface area contributed by atoms with Crippen LogP contribution < -0.4 is 10.6 Å². The zero-order valence-corrected chi connectivity index (χ0v) is 17.5. The Morgan fingerprint density at radius 1 is 1.31 bits per heavy atom. The number of fused-ring (bicyclic) bond motifs is 1. The standard InChI is InChI=1S/C20H36N4OS/c1-4-20(5-2,9-13-25)16-23-19(21-6-3)22-10-12-24-11-7-18-17(15-24)8-14-26-18/h8,14,25H,4-7,9-13,15-16H2,1-3H3,(H2,21,22,23). The Balaban J connectivity index is 1.83. The minimum Gasteiger partial charge on any atom is -0.396 e. The summed E-state index contributed by atoms with van der Waals surface area (Å²) in [6.07, 6.45) is 4.09. The van der Waals surface area contributed by atoms with Crippen LogP contribution in [0.4, 0.5) is 0 Å². The molecule has 5 nitrogen and oxygen atoms in total. The van der Waals surface area contributed by atoms with Gasteiger partial charge in [0.15, 0.2) is 5.96 Å². The largest absolute Gasteiger partial charge is 0.396 e. The van der Waals surface area contributed by atoms with Crippen LogP contribution in [0.1, 0.15) is 50.5 Å². The van der Waals surface area contributed by atoms with Gasteiger partial charge >= 0.3 is 0 Å². The van der Waals surface area contributed by atoms with Crippen molar-refractivity contribution in [3.8, 4) is 0 Å². The third-order valence-electron chi connectivity index (χ3n) is 5.67. The summed E-state index contributed by atoms with van der Waals surface area (Å²) >= 11 is 1.89. The molecule has 0 aromatic carbocycles. The van der Waals surface area contributed by atoms with E-state index in [9.17, 15) is 5.11 Å². The van der Waals surface area contributed by atoms with E-state index in [0.717, 1.165) is 64.5 Å². The minimum atomic E-state index is 0.110. The Bertz CT molecular complexity index is 554. The van der Waals surface area contributed by atoms with Gasteiger partial charge in [-0.15, -0.1) is 11.3 Å². The third-order valence-corrected chi connectivity index (χ3v) is 6.69. The maximum Gasteiger partial charge on any atom is 0.191 e. The van der Waals surface area contributed by atoms with Crippen LogP contribution in [0.25, 0.3) is 0 Å². The van der Waals surface area contributed by atoms with Crippen molar-refractivity contribution in [2.75, 3.05) is 39.3 Å². The van der Waals surface area contributed by atoms with Crippen LogP contribution in [0.2, 0.25) is 0 Å². The molecule has 0 saturated heterocycles. The Labute approximate surface area is 162 Å². The first-order chi connectivity index (χ1) is 12.7. The van der Waals surface area contributed by atoms with Crippen LogP contribution in [0.3, 0.4) is 0 Å². The van der Waals surface area contributed by atoms with E-state index in [1.807, 2.05) is 11.3 Å². The van der Waals surface area contributed by atoms with Crippen molar-refractivity contribution < 1.29 is 5.11 Å². The molecular weight excluding hydrogens is 344 g/mol. The first-order valence-corrected chi connectivity index (χ1v) is 10.9. The van der Waals surface area contributed by atoms with E-state index in [1.165, 1.54) is 12.0 Å². The lowest BCUT2D eigenvalue weighted by Gasteiger charge is -2.30. The smallest absolute Gasteiger partial charge is 0.191 e. The van der Waals surface area contributed by atoms with Crippen molar-refractivity contribution in [2.24, 2.45) is 10.4 Å². The Morgan fingerprint density at radius 3 is 2.81 bits per heavy atom. The Morgan fingerprint density at radius 2 is 2.12 bits per heavy atom. The van der Waals surface area contributed by atoms with Crippen LogP contribution >= 0.6 is 11.3 Å². The molecule has 3 N–H and O–H groups in total. The van der Waals surface area contributed by atoms with Crippen LogP contribution in [-0.2, 0) is 13.0 Å². The molecule has 0 atom stereocenters. The van der Waals surface area contributed by atoms with Gasteiger partial charge in [-0.25, -0.2) is 0 Å². The lowest BCUT2D eigenvalue weighted by Crippen LogP contribution is -2.43. The van der Waals surface area contributed by atoms with Gasteiger partial charge in [0, 0.05) is 50.8 Å². The SMILES string of the molecule is CCNC(=NCC(CC)(CC)CCO)NCCN1CCc2sccc2C1. The highest BCUT2D eigenvalue weighted by atomic mass is 32.1. The lowest BCUT2D eigenvalue weighted by molar-refractivity contribution is 0.175. The zero-order valence-electron chi connectivity index (χ0n) is 16.7. The molecule has 0 aliphatic carbocycles. The molecule has 2 heterocycles. The molecule has 1 aromatic rings. The number of nitrogens with one attached hydrogen (secondary N) is 2. The summed E-state index contributed by atoms with van der Waals surface area (Å²) < 4.78 is 0. The zero-order chi connectivity index (χ0) is 18.8. The molecule has 26 heavy (non-hydrogen) atoms. The number of rotatable bonds is 10. The number of aliphatic imine (C=N–C) groups is 1. The Kier molecular flexibility index (Phi) is 8.88. The van der Waals surface area contributed by atoms with E-state index in [2.05, 4.69) is 47.8 Å². The molecule has 0 bridgehead atoms. The predicted octanol–water partition coefficient (Wildman–Crippen LogP) is 2.85. The predicted molar refractivity (Wildman–Crippen MR) is 112 cm³/mol. The molecular formula is C20H36N4OS. The molecule has 148 valence electrons. The number of hydrogen-bond donors (Lipinski definition) is 3. The number of guanidine groups is 1. The highest BCUT2D eigenvalue weighted by molar-refractivity contribution is 7.10. The van der Waals surface area contributed by atoms with E-state index in [0.29, 0.717) is 0 Å². The fourth-order valence-electron chi connectivity index (χ4n) is 3.56. The molecule has 1 aliphatic rings. The Hall–Kier alpha value is -1.11. The number of aliphatic hydroxyl groups excluding tert-OH is 1.